The topological polar surface area (TPSA) is 95.0 Å². The predicted molar refractivity (Wildman–Crippen MR) is 93.2 cm³/mol. The number of anilines is 1. The highest BCUT2D eigenvalue weighted by Gasteiger charge is 2.42. The lowest BCUT2D eigenvalue weighted by molar-refractivity contribution is -0.147. The summed E-state index contributed by atoms with van der Waals surface area (Å²) in [6.07, 6.45) is 2.16. The fourth-order valence-corrected chi connectivity index (χ4v) is 5.00. The van der Waals surface area contributed by atoms with Crippen molar-refractivity contribution in [3.63, 3.8) is 0 Å². The number of carboxylic acids is 1. The van der Waals surface area contributed by atoms with Crippen molar-refractivity contribution in [2.24, 2.45) is 5.41 Å². The van der Waals surface area contributed by atoms with Crippen molar-refractivity contribution in [3.05, 3.63) is 29.3 Å². The monoisotopic (exact) mass is 366 g/mol. The van der Waals surface area contributed by atoms with E-state index >= 15 is 0 Å². The Bertz CT molecular complexity index is 851. The second kappa shape index (κ2) is 5.72. The first kappa shape index (κ1) is 17.7. The molecule has 1 aromatic rings. The zero-order valence-electron chi connectivity index (χ0n) is 14.5. The van der Waals surface area contributed by atoms with E-state index in [-0.39, 0.29) is 18.5 Å². The van der Waals surface area contributed by atoms with Crippen LogP contribution in [0.15, 0.2) is 18.2 Å². The third-order valence-corrected chi connectivity index (χ3v) is 6.38. The maximum atomic E-state index is 12.7. The summed E-state index contributed by atoms with van der Waals surface area (Å²) in [5, 5.41) is 9.30. The van der Waals surface area contributed by atoms with Gasteiger partial charge < -0.3 is 10.0 Å². The number of likely N-dealkylation sites (tertiary alicyclic amines) is 1. The van der Waals surface area contributed by atoms with Crippen LogP contribution in [0.3, 0.4) is 0 Å². The summed E-state index contributed by atoms with van der Waals surface area (Å²) >= 11 is 0. The molecule has 0 spiro atoms. The Morgan fingerprint density at radius 1 is 1.32 bits per heavy atom. The van der Waals surface area contributed by atoms with Crippen LogP contribution in [0.2, 0.25) is 0 Å². The summed E-state index contributed by atoms with van der Waals surface area (Å²) < 4.78 is 25.3. The third-order valence-electron chi connectivity index (χ3n) is 5.11. The molecule has 3 rings (SSSR count). The molecule has 0 bridgehead atoms. The molecule has 136 valence electrons. The molecular weight excluding hydrogens is 344 g/mol. The minimum absolute atomic E-state index is 0.183. The van der Waals surface area contributed by atoms with Crippen molar-refractivity contribution in [1.29, 1.82) is 0 Å². The molecule has 1 amide bonds. The quantitative estimate of drug-likeness (QED) is 0.871. The van der Waals surface area contributed by atoms with Gasteiger partial charge in [-0.05, 0) is 50.5 Å². The van der Waals surface area contributed by atoms with E-state index < -0.39 is 21.4 Å². The van der Waals surface area contributed by atoms with Gasteiger partial charge in [-0.25, -0.2) is 8.42 Å². The number of hydrogen-bond donors (Lipinski definition) is 1. The van der Waals surface area contributed by atoms with Crippen LogP contribution in [0.1, 0.15) is 36.2 Å². The fourth-order valence-electron chi connectivity index (χ4n) is 3.73. The maximum Gasteiger partial charge on any atom is 0.311 e. The first-order valence-electron chi connectivity index (χ1n) is 8.18. The Morgan fingerprint density at radius 2 is 2.00 bits per heavy atom. The van der Waals surface area contributed by atoms with Crippen LogP contribution >= 0.6 is 0 Å². The van der Waals surface area contributed by atoms with Gasteiger partial charge >= 0.3 is 5.97 Å². The van der Waals surface area contributed by atoms with E-state index in [4.69, 9.17) is 0 Å². The van der Waals surface area contributed by atoms with Gasteiger partial charge in [-0.2, -0.15) is 0 Å². The number of nitrogens with zero attached hydrogens (tertiary/aromatic N) is 2. The number of sulfonamides is 1. The largest absolute Gasteiger partial charge is 0.481 e. The Labute approximate surface area is 147 Å². The molecule has 1 saturated heterocycles. The molecule has 2 aliphatic heterocycles. The second-order valence-corrected chi connectivity index (χ2v) is 9.16. The number of fused-ring (bicyclic) bond motifs is 1. The summed E-state index contributed by atoms with van der Waals surface area (Å²) in [7, 11) is -3.37. The summed E-state index contributed by atoms with van der Waals surface area (Å²) in [5.41, 5.74) is 0.997. The highest BCUT2D eigenvalue weighted by atomic mass is 32.2. The lowest BCUT2D eigenvalue weighted by Crippen LogP contribution is -2.35. The normalized spacial score (nSPS) is 26.0. The molecular formula is C17H22N2O5S. The van der Waals surface area contributed by atoms with Crippen LogP contribution in [-0.2, 0) is 21.2 Å². The second-order valence-electron chi connectivity index (χ2n) is 7.30. The van der Waals surface area contributed by atoms with Crippen molar-refractivity contribution in [2.45, 2.75) is 32.7 Å². The summed E-state index contributed by atoms with van der Waals surface area (Å²) in [4.78, 5) is 25.6. The van der Waals surface area contributed by atoms with Crippen molar-refractivity contribution in [3.8, 4) is 0 Å². The number of amides is 1. The number of benzene rings is 1. The maximum absolute atomic E-state index is 12.7. The van der Waals surface area contributed by atoms with Gasteiger partial charge in [0.25, 0.3) is 5.91 Å². The van der Waals surface area contributed by atoms with Crippen molar-refractivity contribution < 1.29 is 23.1 Å². The molecule has 0 aromatic heterocycles. The van der Waals surface area contributed by atoms with E-state index in [1.807, 2.05) is 6.92 Å². The van der Waals surface area contributed by atoms with E-state index in [1.54, 1.807) is 30.0 Å². The summed E-state index contributed by atoms with van der Waals surface area (Å²) in [6.45, 7) is 4.08. The van der Waals surface area contributed by atoms with E-state index in [0.717, 1.165) is 5.56 Å². The third kappa shape index (κ3) is 2.99. The minimum Gasteiger partial charge on any atom is -0.481 e. The van der Waals surface area contributed by atoms with E-state index in [0.29, 0.717) is 30.6 Å². The average molecular weight is 366 g/mol. The number of rotatable bonds is 3. The Hall–Kier alpha value is -2.09. The molecule has 0 saturated carbocycles. The molecule has 2 heterocycles. The van der Waals surface area contributed by atoms with Crippen LogP contribution in [0.25, 0.3) is 0 Å². The predicted octanol–water partition coefficient (Wildman–Crippen LogP) is 1.33. The molecule has 0 aliphatic carbocycles. The summed E-state index contributed by atoms with van der Waals surface area (Å²) in [5.74, 6) is -1.10. The molecule has 0 radical (unpaired) electrons. The lowest BCUT2D eigenvalue weighted by atomic mass is 9.90. The molecule has 1 aromatic carbocycles. The van der Waals surface area contributed by atoms with Gasteiger partial charge in [0, 0.05) is 24.7 Å². The molecule has 1 fully saturated rings. The number of carbonyl (C=O) groups excluding carboxylic acids is 1. The molecule has 2 aliphatic rings. The van der Waals surface area contributed by atoms with Crippen LogP contribution < -0.4 is 4.31 Å². The van der Waals surface area contributed by atoms with Crippen LogP contribution in [0, 0.1) is 5.41 Å². The molecule has 7 nitrogen and oxygen atoms in total. The first-order chi connectivity index (χ1) is 11.5. The van der Waals surface area contributed by atoms with E-state index in [1.165, 1.54) is 10.6 Å². The van der Waals surface area contributed by atoms with Gasteiger partial charge in [0.1, 0.15) is 0 Å². The van der Waals surface area contributed by atoms with Gasteiger partial charge in [-0.1, -0.05) is 0 Å². The van der Waals surface area contributed by atoms with Gasteiger partial charge in [0.2, 0.25) is 10.0 Å². The Balaban J connectivity index is 1.86. The molecule has 1 N–H and O–H groups in total. The van der Waals surface area contributed by atoms with Crippen molar-refractivity contribution >= 4 is 27.6 Å². The number of carboxylic acid groups (broad SMARTS) is 1. The van der Waals surface area contributed by atoms with Gasteiger partial charge in [-0.15, -0.1) is 0 Å². The molecule has 0 unspecified atom stereocenters. The van der Waals surface area contributed by atoms with Crippen LogP contribution in [0.4, 0.5) is 5.69 Å². The van der Waals surface area contributed by atoms with Crippen LogP contribution in [0.5, 0.6) is 0 Å². The van der Waals surface area contributed by atoms with E-state index in [9.17, 15) is 23.1 Å². The van der Waals surface area contributed by atoms with Gasteiger partial charge in [0.15, 0.2) is 0 Å². The number of carbonyl (C=O) groups is 2. The molecule has 2 atom stereocenters. The molecule has 8 heteroatoms. The van der Waals surface area contributed by atoms with Crippen molar-refractivity contribution in [1.82, 2.24) is 4.90 Å². The molecule has 25 heavy (non-hydrogen) atoms. The fraction of sp³-hybridized carbons (Fsp3) is 0.529. The smallest absolute Gasteiger partial charge is 0.311 e. The average Bonchev–Trinajstić information content (AvgIpc) is 3.05. The Morgan fingerprint density at radius 3 is 2.56 bits per heavy atom. The summed E-state index contributed by atoms with van der Waals surface area (Å²) in [6, 6.07) is 4.83. The van der Waals surface area contributed by atoms with Crippen molar-refractivity contribution in [2.75, 3.05) is 23.7 Å². The lowest BCUT2D eigenvalue weighted by Gasteiger charge is -2.22. The highest BCUT2D eigenvalue weighted by Crippen LogP contribution is 2.36. The zero-order chi connectivity index (χ0) is 18.6. The minimum atomic E-state index is -3.37. The first-order valence-corrected chi connectivity index (χ1v) is 10.0. The Kier molecular flexibility index (Phi) is 4.06. The number of hydrogen-bond acceptors (Lipinski definition) is 4. The highest BCUT2D eigenvalue weighted by molar-refractivity contribution is 7.92. The zero-order valence-corrected chi connectivity index (χ0v) is 15.3. The van der Waals surface area contributed by atoms with E-state index in [2.05, 4.69) is 0 Å². The van der Waals surface area contributed by atoms with Gasteiger partial charge in [-0.3, -0.25) is 13.9 Å². The standard InChI is InChI=1S/C17H22N2O5S/c1-11-8-13-9-12(4-5-14(13)19(11)25(3,23)24)15(20)18-7-6-17(2,10-18)16(21)22/h4-5,9,11H,6-8,10H2,1-3H3,(H,21,22)/t11-,17+/m1/s1. The number of aliphatic carboxylic acids is 1. The van der Waals surface area contributed by atoms with Crippen LogP contribution in [-0.4, -0.2) is 55.7 Å². The van der Waals surface area contributed by atoms with Gasteiger partial charge in [0.05, 0.1) is 17.4 Å². The SMILES string of the molecule is C[C@@H]1Cc2cc(C(=O)N3CC[C@](C)(C(=O)O)C3)ccc2N1S(C)(=O)=O.